The van der Waals surface area contributed by atoms with E-state index in [1.54, 1.807) is 4.68 Å². The second kappa shape index (κ2) is 3.48. The highest BCUT2D eigenvalue weighted by Gasteiger charge is 2.35. The third-order valence-corrected chi connectivity index (χ3v) is 5.01. The molecule has 0 saturated carbocycles. The predicted octanol–water partition coefficient (Wildman–Crippen LogP) is -0.336. The van der Waals surface area contributed by atoms with Crippen LogP contribution in [-0.4, -0.2) is 29.6 Å². The second-order valence-corrected chi connectivity index (χ2v) is 6.54. The van der Waals surface area contributed by atoms with Gasteiger partial charge in [0.05, 0.1) is 18.6 Å². The fraction of sp³-hybridized carbons (Fsp3) is 0.750. The van der Waals surface area contributed by atoms with E-state index in [4.69, 9.17) is 0 Å². The first-order valence-electron chi connectivity index (χ1n) is 4.75. The highest BCUT2D eigenvalue weighted by molar-refractivity contribution is 7.91. The molecule has 1 fully saturated rings. The summed E-state index contributed by atoms with van der Waals surface area (Å²) in [6.45, 7) is 1.91. The van der Waals surface area contributed by atoms with Gasteiger partial charge in [-0.3, -0.25) is 0 Å². The average Bonchev–Trinajstić information content (AvgIpc) is 2.62. The Kier molecular flexibility index (Phi) is 2.54. The molecule has 0 radical (unpaired) electrons. The van der Waals surface area contributed by atoms with Crippen LogP contribution in [0.2, 0.25) is 0 Å². The minimum atomic E-state index is -2.86. The summed E-state index contributed by atoms with van der Waals surface area (Å²) in [4.78, 5) is 0. The van der Waals surface area contributed by atoms with E-state index in [-0.39, 0.29) is 17.5 Å². The zero-order valence-corrected chi connectivity index (χ0v) is 10.4. The van der Waals surface area contributed by atoms with E-state index in [1.807, 2.05) is 18.5 Å². The van der Waals surface area contributed by atoms with Gasteiger partial charge in [0, 0.05) is 13.3 Å². The standard InChI is InChI=1S/C8H13N3O2S2/c1-6-10(2)8(14)9-11(6)7-3-4-15(12,13)5-7/h7H,3-5H2,1-2H3/p+1. The quantitative estimate of drug-likeness (QED) is 0.547. The van der Waals surface area contributed by atoms with Crippen molar-refractivity contribution in [2.45, 2.75) is 24.5 Å². The lowest BCUT2D eigenvalue weighted by molar-refractivity contribution is -0.777. The molecule has 0 spiro atoms. The summed E-state index contributed by atoms with van der Waals surface area (Å²) in [5.74, 6) is 1.40. The zero-order valence-electron chi connectivity index (χ0n) is 8.71. The molecule has 7 heteroatoms. The van der Waals surface area contributed by atoms with E-state index in [9.17, 15) is 8.42 Å². The lowest BCUT2D eigenvalue weighted by Crippen LogP contribution is -2.44. The van der Waals surface area contributed by atoms with Crippen molar-refractivity contribution in [1.82, 2.24) is 9.67 Å². The molecule has 0 bridgehead atoms. The highest BCUT2D eigenvalue weighted by atomic mass is 32.2. The van der Waals surface area contributed by atoms with Gasteiger partial charge in [-0.25, -0.2) is 13.0 Å². The molecule has 0 amide bonds. The van der Waals surface area contributed by atoms with Gasteiger partial charge in [-0.15, -0.1) is 4.68 Å². The molecular weight excluding hydrogens is 234 g/mol. The van der Waals surface area contributed by atoms with Crippen LogP contribution in [0, 0.1) is 6.92 Å². The Morgan fingerprint density at radius 2 is 2.27 bits per heavy atom. The van der Waals surface area contributed by atoms with Crippen LogP contribution in [0.4, 0.5) is 0 Å². The summed E-state index contributed by atoms with van der Waals surface area (Å²) >= 11 is 4.21. The van der Waals surface area contributed by atoms with Crippen molar-refractivity contribution in [2.24, 2.45) is 7.05 Å². The van der Waals surface area contributed by atoms with Crippen LogP contribution in [-0.2, 0) is 16.9 Å². The van der Waals surface area contributed by atoms with Crippen LogP contribution < -0.4 is 4.68 Å². The van der Waals surface area contributed by atoms with Gasteiger partial charge in [-0.1, -0.05) is 12.6 Å². The summed E-state index contributed by atoms with van der Waals surface area (Å²) < 4.78 is 26.3. The Morgan fingerprint density at radius 3 is 2.67 bits per heavy atom. The number of nitrogens with zero attached hydrogens (tertiary/aromatic N) is 3. The molecule has 1 atom stereocenters. The van der Waals surface area contributed by atoms with Crippen LogP contribution in [0.3, 0.4) is 0 Å². The molecule has 1 aliphatic heterocycles. The van der Waals surface area contributed by atoms with Crippen LogP contribution in [0.25, 0.3) is 0 Å². The lowest BCUT2D eigenvalue weighted by atomic mass is 10.3. The third-order valence-electron chi connectivity index (χ3n) is 2.87. The highest BCUT2D eigenvalue weighted by Crippen LogP contribution is 2.19. The summed E-state index contributed by atoms with van der Waals surface area (Å²) in [6, 6.07) is -0.0258. The van der Waals surface area contributed by atoms with Gasteiger partial charge < -0.3 is 0 Å². The van der Waals surface area contributed by atoms with Gasteiger partial charge in [0.25, 0.3) is 11.0 Å². The molecule has 1 aromatic rings. The largest absolute Gasteiger partial charge is 0.291 e. The van der Waals surface area contributed by atoms with E-state index in [2.05, 4.69) is 17.7 Å². The maximum atomic E-state index is 11.4. The number of hydrogen-bond donors (Lipinski definition) is 1. The molecule has 0 N–H and O–H groups in total. The first kappa shape index (κ1) is 10.9. The summed E-state index contributed by atoms with van der Waals surface area (Å²) in [5.41, 5.74) is 0. The van der Waals surface area contributed by atoms with E-state index >= 15 is 0 Å². The first-order chi connectivity index (χ1) is 6.91. The molecule has 2 heterocycles. The average molecular weight is 248 g/mol. The van der Waals surface area contributed by atoms with Crippen molar-refractivity contribution in [3.63, 3.8) is 0 Å². The number of rotatable bonds is 1. The summed E-state index contributed by atoms with van der Waals surface area (Å²) in [6.07, 6.45) is 0.651. The van der Waals surface area contributed by atoms with Crippen molar-refractivity contribution in [3.05, 3.63) is 5.82 Å². The molecule has 2 rings (SSSR count). The van der Waals surface area contributed by atoms with E-state index < -0.39 is 9.84 Å². The minimum Gasteiger partial charge on any atom is -0.229 e. The van der Waals surface area contributed by atoms with Crippen molar-refractivity contribution >= 4 is 22.5 Å². The summed E-state index contributed by atoms with van der Waals surface area (Å²) in [5, 5.41) is 4.84. The van der Waals surface area contributed by atoms with Gasteiger partial charge in [-0.2, -0.15) is 0 Å². The fourth-order valence-electron chi connectivity index (χ4n) is 1.85. The van der Waals surface area contributed by atoms with Gasteiger partial charge in [0.15, 0.2) is 9.84 Å². The number of hydrogen-bond acceptors (Lipinski definition) is 4. The number of thiol groups is 1. The van der Waals surface area contributed by atoms with E-state index in [0.29, 0.717) is 11.6 Å². The SMILES string of the molecule is Cc1n(C)c(S)n[n+]1C1CCS(=O)(=O)C1. The zero-order chi connectivity index (χ0) is 11.2. The van der Waals surface area contributed by atoms with E-state index in [0.717, 1.165) is 5.82 Å². The Morgan fingerprint density at radius 1 is 1.60 bits per heavy atom. The predicted molar refractivity (Wildman–Crippen MR) is 57.7 cm³/mol. The van der Waals surface area contributed by atoms with Crippen molar-refractivity contribution in [3.8, 4) is 0 Å². The maximum Gasteiger partial charge on any atom is 0.291 e. The molecule has 1 aliphatic rings. The molecule has 0 aromatic carbocycles. The van der Waals surface area contributed by atoms with Crippen LogP contribution >= 0.6 is 12.6 Å². The van der Waals surface area contributed by atoms with Gasteiger partial charge in [-0.05, 0) is 5.10 Å². The van der Waals surface area contributed by atoms with Crippen LogP contribution in [0.1, 0.15) is 18.3 Å². The molecule has 1 saturated heterocycles. The first-order valence-corrected chi connectivity index (χ1v) is 7.02. The Hall–Kier alpha value is -0.560. The molecular formula is C8H14N3O2S2+. The minimum absolute atomic E-state index is 0.0258. The van der Waals surface area contributed by atoms with Crippen molar-refractivity contribution in [2.75, 3.05) is 11.5 Å². The number of sulfone groups is 1. The van der Waals surface area contributed by atoms with Crippen molar-refractivity contribution in [1.29, 1.82) is 0 Å². The van der Waals surface area contributed by atoms with Gasteiger partial charge >= 0.3 is 0 Å². The second-order valence-electron chi connectivity index (χ2n) is 3.91. The van der Waals surface area contributed by atoms with Crippen LogP contribution in [0.15, 0.2) is 5.16 Å². The van der Waals surface area contributed by atoms with Crippen LogP contribution in [0.5, 0.6) is 0 Å². The molecule has 0 aliphatic carbocycles. The molecule has 84 valence electrons. The smallest absolute Gasteiger partial charge is 0.229 e. The summed E-state index contributed by atoms with van der Waals surface area (Å²) in [7, 11) is -0.993. The fourth-order valence-corrected chi connectivity index (χ4v) is 3.78. The Labute approximate surface area is 94.4 Å². The monoisotopic (exact) mass is 248 g/mol. The molecule has 1 unspecified atom stereocenters. The Bertz CT molecular complexity index is 492. The number of aromatic nitrogens is 3. The molecule has 5 nitrogen and oxygen atoms in total. The third kappa shape index (κ3) is 1.90. The normalized spacial score (nSPS) is 24.6. The van der Waals surface area contributed by atoms with E-state index in [1.165, 1.54) is 0 Å². The lowest BCUT2D eigenvalue weighted by Gasteiger charge is -2.01. The van der Waals surface area contributed by atoms with Crippen molar-refractivity contribution < 1.29 is 13.1 Å². The maximum absolute atomic E-state index is 11.4. The molecule has 1 aromatic heterocycles. The van der Waals surface area contributed by atoms with Gasteiger partial charge in [0.2, 0.25) is 0 Å². The Balaban J connectivity index is 2.36. The topological polar surface area (TPSA) is 55.8 Å². The van der Waals surface area contributed by atoms with Gasteiger partial charge in [0.1, 0.15) is 6.04 Å². The molecule has 15 heavy (non-hydrogen) atoms.